The minimum Gasteiger partial charge on any atom is -0.389 e. The number of halogens is 1. The molecule has 0 aromatic carbocycles. The number of nitrogens with one attached hydrogen (secondary N) is 1. The Hall–Kier alpha value is -2.94. The first kappa shape index (κ1) is 18.8. The van der Waals surface area contributed by atoms with Gasteiger partial charge in [-0.2, -0.15) is 0 Å². The normalized spacial score (nSPS) is 19.2. The largest absolute Gasteiger partial charge is 0.389 e. The van der Waals surface area contributed by atoms with Gasteiger partial charge in [0.1, 0.15) is 23.2 Å². The van der Waals surface area contributed by atoms with E-state index in [-0.39, 0.29) is 16.6 Å². The number of nitrogens with two attached hydrogens (primary N) is 2. The van der Waals surface area contributed by atoms with E-state index in [1.807, 2.05) is 0 Å². The van der Waals surface area contributed by atoms with E-state index in [0.29, 0.717) is 35.8 Å². The maximum absolute atomic E-state index is 13.3. The number of thiocarbonyl (C=S) groups is 1. The molecule has 2 aromatic rings. The van der Waals surface area contributed by atoms with Crippen LogP contribution in [0.25, 0.3) is 0 Å². The lowest BCUT2D eigenvalue weighted by Crippen LogP contribution is -2.30. The van der Waals surface area contributed by atoms with E-state index in [4.69, 9.17) is 23.7 Å². The molecule has 0 saturated carbocycles. The zero-order valence-electron chi connectivity index (χ0n) is 14.4. The molecule has 0 saturated heterocycles. The molecule has 2 aromatic heterocycles. The van der Waals surface area contributed by atoms with E-state index < -0.39 is 18.6 Å². The van der Waals surface area contributed by atoms with Gasteiger partial charge in [0.25, 0.3) is 5.91 Å². The molecule has 1 aliphatic heterocycles. The van der Waals surface area contributed by atoms with E-state index in [1.165, 1.54) is 12.3 Å². The second kappa shape index (κ2) is 8.17. The van der Waals surface area contributed by atoms with Crippen molar-refractivity contribution in [1.82, 2.24) is 9.97 Å². The number of aliphatic imine (C=N–C) groups is 1. The number of amides is 1. The van der Waals surface area contributed by atoms with Gasteiger partial charge in [0.15, 0.2) is 0 Å². The molecule has 1 amide bonds. The Balaban J connectivity index is 1.75. The van der Waals surface area contributed by atoms with Gasteiger partial charge in [0, 0.05) is 29.8 Å². The van der Waals surface area contributed by atoms with Crippen LogP contribution in [0, 0.1) is 0 Å². The zero-order chi connectivity index (χ0) is 19.4. The highest BCUT2D eigenvalue weighted by molar-refractivity contribution is 7.80. The van der Waals surface area contributed by atoms with E-state index in [2.05, 4.69) is 20.3 Å². The summed E-state index contributed by atoms with van der Waals surface area (Å²) in [6.45, 7) is -0.608. The molecule has 1 aliphatic rings. The molecule has 2 atom stereocenters. The van der Waals surface area contributed by atoms with Gasteiger partial charge in [-0.3, -0.25) is 14.8 Å². The predicted molar refractivity (Wildman–Crippen MR) is 106 cm³/mol. The molecule has 3 heterocycles. The van der Waals surface area contributed by atoms with Crippen molar-refractivity contribution in [2.75, 3.05) is 12.0 Å². The number of amidine groups is 1. The van der Waals surface area contributed by atoms with Gasteiger partial charge in [-0.1, -0.05) is 18.3 Å². The minimum absolute atomic E-state index is 0.179. The first-order chi connectivity index (χ1) is 13.0. The molecule has 0 spiro atoms. The minimum atomic E-state index is -0.608. The van der Waals surface area contributed by atoms with E-state index in [1.54, 1.807) is 24.3 Å². The summed E-state index contributed by atoms with van der Waals surface area (Å²) in [4.78, 5) is 25.3. The molecule has 0 fully saturated rings. The van der Waals surface area contributed by atoms with Crippen molar-refractivity contribution in [2.24, 2.45) is 16.5 Å². The quantitative estimate of drug-likeness (QED) is 0.676. The first-order valence-corrected chi connectivity index (χ1v) is 8.81. The summed E-state index contributed by atoms with van der Waals surface area (Å²) in [5.41, 5.74) is 12.7. The van der Waals surface area contributed by atoms with E-state index in [9.17, 15) is 9.18 Å². The Bertz CT molecular complexity index is 886. The van der Waals surface area contributed by atoms with Crippen LogP contribution >= 0.6 is 12.2 Å². The molecule has 0 bridgehead atoms. The summed E-state index contributed by atoms with van der Waals surface area (Å²) >= 11 is 4.86. The van der Waals surface area contributed by atoms with Crippen molar-refractivity contribution in [3.8, 4) is 0 Å². The number of alkyl halides is 1. The smallest absolute Gasteiger partial charge is 0.275 e. The Kier molecular flexibility index (Phi) is 5.70. The molecule has 7 nitrogen and oxygen atoms in total. The molecular formula is C18H19FN6OS. The molecule has 9 heteroatoms. The number of anilines is 1. The summed E-state index contributed by atoms with van der Waals surface area (Å²) < 4.78 is 13.3. The van der Waals surface area contributed by atoms with Gasteiger partial charge in [-0.05, 0) is 30.7 Å². The number of carbonyl (C=O) groups excluding carboxylic acids is 1. The number of rotatable bonds is 5. The lowest BCUT2D eigenvalue weighted by Gasteiger charge is -2.26. The topological polar surface area (TPSA) is 119 Å². The van der Waals surface area contributed by atoms with Gasteiger partial charge in [-0.25, -0.2) is 9.37 Å². The van der Waals surface area contributed by atoms with Gasteiger partial charge in [0.05, 0.1) is 11.9 Å². The van der Waals surface area contributed by atoms with Crippen molar-refractivity contribution < 1.29 is 9.18 Å². The standard InChI is InChI=1S/C18H19FN6OS/c19-8-14-11(5-7-15(20)23-14)12-2-1-3-16(24-12)25-18(26)13-6-4-10(9-22-13)17(21)27/h1-4,6,9,11,14H,5,7-8H2,(H2,20,23)(H2,21,27)(H,24,25,26). The van der Waals surface area contributed by atoms with Crippen molar-refractivity contribution in [3.05, 3.63) is 53.5 Å². The van der Waals surface area contributed by atoms with E-state index in [0.717, 1.165) is 0 Å². The average molecular weight is 386 g/mol. The third kappa shape index (κ3) is 4.43. The molecule has 5 N–H and O–H groups in total. The van der Waals surface area contributed by atoms with Gasteiger partial charge < -0.3 is 16.8 Å². The fraction of sp³-hybridized carbons (Fsp3) is 0.278. The number of aromatic nitrogens is 2. The molecule has 0 radical (unpaired) electrons. The van der Waals surface area contributed by atoms with Crippen LogP contribution in [0.1, 0.15) is 40.5 Å². The maximum atomic E-state index is 13.3. The van der Waals surface area contributed by atoms with Crippen LogP contribution in [0.3, 0.4) is 0 Å². The lowest BCUT2D eigenvalue weighted by atomic mass is 9.89. The molecule has 3 rings (SSSR count). The van der Waals surface area contributed by atoms with Crippen molar-refractivity contribution in [2.45, 2.75) is 24.8 Å². The summed E-state index contributed by atoms with van der Waals surface area (Å²) in [6, 6.07) is 7.84. The molecule has 27 heavy (non-hydrogen) atoms. The zero-order valence-corrected chi connectivity index (χ0v) is 15.2. The highest BCUT2D eigenvalue weighted by Crippen LogP contribution is 2.30. The predicted octanol–water partition coefficient (Wildman–Crippen LogP) is 1.94. The molecule has 0 aliphatic carbocycles. The number of nitrogens with zero attached hydrogens (tertiary/aromatic N) is 3. The number of hydrogen-bond donors (Lipinski definition) is 3. The van der Waals surface area contributed by atoms with Gasteiger partial charge in [-0.15, -0.1) is 0 Å². The third-order valence-corrected chi connectivity index (χ3v) is 4.57. The number of hydrogen-bond acceptors (Lipinski definition) is 6. The Morgan fingerprint density at radius 3 is 2.81 bits per heavy atom. The summed E-state index contributed by atoms with van der Waals surface area (Å²) in [6.07, 6.45) is 2.70. The average Bonchev–Trinajstić information content (AvgIpc) is 2.68. The first-order valence-electron chi connectivity index (χ1n) is 8.40. The van der Waals surface area contributed by atoms with Crippen LogP contribution < -0.4 is 16.8 Å². The fourth-order valence-corrected chi connectivity index (χ4v) is 3.05. The summed E-state index contributed by atoms with van der Waals surface area (Å²) in [5.74, 6) is 0.229. The Labute approximate surface area is 161 Å². The van der Waals surface area contributed by atoms with Crippen LogP contribution in [0.2, 0.25) is 0 Å². The monoisotopic (exact) mass is 386 g/mol. The second-order valence-corrected chi connectivity index (χ2v) is 6.63. The molecule has 2 unspecified atom stereocenters. The maximum Gasteiger partial charge on any atom is 0.275 e. The number of pyridine rings is 2. The van der Waals surface area contributed by atoms with Crippen LogP contribution in [0.5, 0.6) is 0 Å². The van der Waals surface area contributed by atoms with Gasteiger partial charge in [0.2, 0.25) is 0 Å². The fourth-order valence-electron chi connectivity index (χ4n) is 2.93. The highest BCUT2D eigenvalue weighted by atomic mass is 32.1. The Morgan fingerprint density at radius 2 is 2.15 bits per heavy atom. The SMILES string of the molecule is NC(=S)c1ccc(C(=O)Nc2cccc(C3CCC(N)=NC3CF)n2)nc1. The molecular weight excluding hydrogens is 367 g/mol. The van der Waals surface area contributed by atoms with E-state index >= 15 is 0 Å². The highest BCUT2D eigenvalue weighted by Gasteiger charge is 2.28. The molecule has 140 valence electrons. The van der Waals surface area contributed by atoms with Crippen molar-refractivity contribution >= 4 is 34.8 Å². The van der Waals surface area contributed by atoms with Gasteiger partial charge >= 0.3 is 0 Å². The number of carbonyl (C=O) groups is 1. The van der Waals surface area contributed by atoms with Crippen LogP contribution in [-0.2, 0) is 0 Å². The lowest BCUT2D eigenvalue weighted by molar-refractivity contribution is 0.102. The Morgan fingerprint density at radius 1 is 1.33 bits per heavy atom. The van der Waals surface area contributed by atoms with Crippen LogP contribution in [0.15, 0.2) is 41.5 Å². The van der Waals surface area contributed by atoms with Crippen molar-refractivity contribution in [3.63, 3.8) is 0 Å². The third-order valence-electron chi connectivity index (χ3n) is 4.34. The summed E-state index contributed by atoms with van der Waals surface area (Å²) in [7, 11) is 0. The van der Waals surface area contributed by atoms with Crippen LogP contribution in [0.4, 0.5) is 10.2 Å². The summed E-state index contributed by atoms with van der Waals surface area (Å²) in [5, 5.41) is 2.70. The second-order valence-electron chi connectivity index (χ2n) is 6.19. The van der Waals surface area contributed by atoms with Crippen molar-refractivity contribution in [1.29, 1.82) is 0 Å². The van der Waals surface area contributed by atoms with Crippen LogP contribution in [-0.4, -0.2) is 39.4 Å².